The van der Waals surface area contributed by atoms with Gasteiger partial charge in [-0.25, -0.2) is 0 Å². The Morgan fingerprint density at radius 1 is 1.04 bits per heavy atom. The minimum absolute atomic E-state index is 0.00601. The number of allylic oxidation sites excluding steroid dienone is 3. The lowest BCUT2D eigenvalue weighted by Gasteiger charge is -2.50. The summed E-state index contributed by atoms with van der Waals surface area (Å²) < 4.78 is 31.3. The van der Waals surface area contributed by atoms with E-state index in [-0.39, 0.29) is 44.0 Å². The number of nitrogens with zero attached hydrogens (tertiary/aromatic N) is 1. The normalized spacial score (nSPS) is 42.6. The van der Waals surface area contributed by atoms with E-state index in [4.69, 9.17) is 29.4 Å². The van der Waals surface area contributed by atoms with Gasteiger partial charge in [-0.2, -0.15) is 0 Å². The molecule has 3 aliphatic heterocycles. The zero-order chi connectivity index (χ0) is 41.9. The van der Waals surface area contributed by atoms with Gasteiger partial charge in [0.05, 0.1) is 42.5 Å². The van der Waals surface area contributed by atoms with E-state index in [1.54, 1.807) is 51.9 Å². The zero-order valence-electron chi connectivity index (χ0n) is 35.1. The van der Waals surface area contributed by atoms with E-state index >= 15 is 0 Å². The van der Waals surface area contributed by atoms with Crippen LogP contribution in [-0.2, 0) is 33.3 Å². The van der Waals surface area contributed by atoms with Crippen molar-refractivity contribution in [1.82, 2.24) is 10.2 Å². The first-order valence-corrected chi connectivity index (χ1v) is 20.5. The monoisotopic (exact) mass is 800 g/mol. The summed E-state index contributed by atoms with van der Waals surface area (Å²) in [6.07, 6.45) is -2.49. The van der Waals surface area contributed by atoms with Gasteiger partial charge >= 0.3 is 5.97 Å². The van der Waals surface area contributed by atoms with Crippen LogP contribution in [0.15, 0.2) is 23.8 Å². The molecule has 0 amide bonds. The van der Waals surface area contributed by atoms with Crippen molar-refractivity contribution in [2.75, 3.05) is 40.3 Å². The summed E-state index contributed by atoms with van der Waals surface area (Å²) in [4.78, 5) is 28.8. The van der Waals surface area contributed by atoms with Crippen LogP contribution >= 0.6 is 0 Å². The summed E-state index contributed by atoms with van der Waals surface area (Å²) in [6.45, 7) is 13.9. The second kappa shape index (κ2) is 22.5. The summed E-state index contributed by atoms with van der Waals surface area (Å²) in [5.41, 5.74) is 5.05. The largest absolute Gasteiger partial charge is 0.462 e. The summed E-state index contributed by atoms with van der Waals surface area (Å²) in [7, 11) is 3.56. The molecule has 0 aromatic heterocycles. The molecule has 56 heavy (non-hydrogen) atoms. The number of likely N-dealkylation sites (N-methyl/N-ethyl adjacent to an activating group) is 1. The van der Waals surface area contributed by atoms with Crippen LogP contribution in [0.5, 0.6) is 0 Å². The Labute approximate surface area is 333 Å². The molecule has 0 spiro atoms. The van der Waals surface area contributed by atoms with Gasteiger partial charge in [0.1, 0.15) is 24.4 Å². The maximum atomic E-state index is 13.5. The van der Waals surface area contributed by atoms with Gasteiger partial charge in [0.2, 0.25) is 0 Å². The van der Waals surface area contributed by atoms with Crippen LogP contribution in [-0.4, -0.2) is 156 Å². The van der Waals surface area contributed by atoms with Crippen molar-refractivity contribution in [3.05, 3.63) is 23.8 Å². The molecule has 0 unspecified atom stereocenters. The van der Waals surface area contributed by atoms with Crippen molar-refractivity contribution in [1.29, 1.82) is 0 Å². The van der Waals surface area contributed by atoms with Gasteiger partial charge in [0.25, 0.3) is 0 Å². The molecule has 2 saturated heterocycles. The van der Waals surface area contributed by atoms with Gasteiger partial charge in [-0.05, 0) is 92.6 Å². The van der Waals surface area contributed by atoms with E-state index in [0.717, 1.165) is 12.0 Å². The Bertz CT molecular complexity index is 1280. The van der Waals surface area contributed by atoms with Crippen LogP contribution in [0.25, 0.3) is 0 Å². The molecule has 0 saturated carbocycles. The highest BCUT2D eigenvalue weighted by Gasteiger charge is 2.51. The molecule has 3 heterocycles. The molecule has 0 aromatic carbocycles. The van der Waals surface area contributed by atoms with Crippen LogP contribution < -0.4 is 11.1 Å². The van der Waals surface area contributed by atoms with Crippen LogP contribution in [0.4, 0.5) is 0 Å². The lowest BCUT2D eigenvalue weighted by Crippen LogP contribution is -2.65. The number of cyclic esters (lactones) is 1. The molecule has 3 aliphatic rings. The van der Waals surface area contributed by atoms with E-state index in [0.29, 0.717) is 26.1 Å². The highest BCUT2D eigenvalue weighted by atomic mass is 16.7. The van der Waals surface area contributed by atoms with Gasteiger partial charge in [-0.1, -0.05) is 38.5 Å². The van der Waals surface area contributed by atoms with E-state index in [1.165, 1.54) is 6.92 Å². The molecular formula is C41H73N3O12. The average Bonchev–Trinajstić information content (AvgIpc) is 3.12. The first kappa shape index (κ1) is 48.5. The number of aliphatic hydroxyl groups is 5. The number of hydrogen-bond acceptors (Lipinski definition) is 15. The maximum Gasteiger partial charge on any atom is 0.308 e. The second-order valence-electron chi connectivity index (χ2n) is 16.8. The first-order chi connectivity index (χ1) is 26.3. The number of nitrogens with two attached hydrogens (primary N) is 1. The molecular weight excluding hydrogens is 726 g/mol. The van der Waals surface area contributed by atoms with E-state index in [1.807, 2.05) is 26.8 Å². The Hall–Kier alpha value is -1.86. The third-order valence-corrected chi connectivity index (χ3v) is 11.7. The van der Waals surface area contributed by atoms with Crippen molar-refractivity contribution in [2.24, 2.45) is 29.4 Å². The molecule has 0 aromatic rings. The van der Waals surface area contributed by atoms with Crippen LogP contribution in [0.3, 0.4) is 0 Å². The van der Waals surface area contributed by atoms with E-state index < -0.39 is 96.8 Å². The minimum Gasteiger partial charge on any atom is -0.462 e. The number of carbonyl (C=O) groups excluding carboxylic acids is 2. The highest BCUT2D eigenvalue weighted by Crippen LogP contribution is 2.37. The van der Waals surface area contributed by atoms with Gasteiger partial charge in [0.15, 0.2) is 18.4 Å². The van der Waals surface area contributed by atoms with Crippen LogP contribution in [0.1, 0.15) is 87.0 Å². The molecule has 3 rings (SSSR count). The number of rotatable bonds is 13. The van der Waals surface area contributed by atoms with Gasteiger partial charge in [0, 0.05) is 37.3 Å². The smallest absolute Gasteiger partial charge is 0.308 e. The number of carbonyl (C=O) groups is 2. The fourth-order valence-electron chi connectivity index (χ4n) is 8.29. The Morgan fingerprint density at radius 3 is 2.34 bits per heavy atom. The Balaban J connectivity index is 1.94. The highest BCUT2D eigenvalue weighted by molar-refractivity contribution is 5.91. The summed E-state index contributed by atoms with van der Waals surface area (Å²) in [5, 5.41) is 58.5. The molecule has 15 heteroatoms. The van der Waals surface area contributed by atoms with Gasteiger partial charge < -0.3 is 65.2 Å². The maximum absolute atomic E-state index is 13.5. The number of hydrogen-bond donors (Lipinski definition) is 7. The topological polar surface area (TPSA) is 223 Å². The molecule has 0 bridgehead atoms. The number of ether oxygens (including phenoxy) is 5. The number of aliphatic hydroxyl groups excluding tert-OH is 4. The van der Waals surface area contributed by atoms with Gasteiger partial charge in [-0.3, -0.25) is 9.59 Å². The zero-order valence-corrected chi connectivity index (χ0v) is 35.1. The summed E-state index contributed by atoms with van der Waals surface area (Å²) in [6, 6.07) is -0.692. The first-order valence-electron chi connectivity index (χ1n) is 20.5. The predicted octanol–water partition coefficient (Wildman–Crippen LogP) is 1.41. The minimum atomic E-state index is -1.46. The number of ketones is 1. The van der Waals surface area contributed by atoms with Crippen molar-refractivity contribution in [2.45, 2.75) is 160 Å². The molecule has 0 aliphatic carbocycles. The van der Waals surface area contributed by atoms with Crippen molar-refractivity contribution in [3.8, 4) is 0 Å². The van der Waals surface area contributed by atoms with Crippen molar-refractivity contribution in [3.63, 3.8) is 0 Å². The van der Waals surface area contributed by atoms with Gasteiger partial charge in [-0.15, -0.1) is 0 Å². The quantitative estimate of drug-likeness (QED) is 0.103. The third-order valence-electron chi connectivity index (χ3n) is 11.7. The van der Waals surface area contributed by atoms with Crippen molar-refractivity contribution >= 4 is 11.8 Å². The molecule has 324 valence electrons. The average molecular weight is 800 g/mol. The van der Waals surface area contributed by atoms with Crippen molar-refractivity contribution < 1.29 is 58.8 Å². The predicted molar refractivity (Wildman–Crippen MR) is 210 cm³/mol. The second-order valence-corrected chi connectivity index (χ2v) is 16.8. The third kappa shape index (κ3) is 13.3. The Morgan fingerprint density at radius 2 is 1.73 bits per heavy atom. The summed E-state index contributed by atoms with van der Waals surface area (Å²) >= 11 is 0. The summed E-state index contributed by atoms with van der Waals surface area (Å²) in [5.74, 6) is -2.60. The fourth-order valence-corrected chi connectivity index (χ4v) is 8.29. The lowest BCUT2D eigenvalue weighted by atomic mass is 9.79. The van der Waals surface area contributed by atoms with Crippen LogP contribution in [0, 0.1) is 23.7 Å². The van der Waals surface area contributed by atoms with E-state index in [9.17, 15) is 35.1 Å². The molecule has 2 fully saturated rings. The number of esters is 1. The SMILES string of the molecule is CC[C@H]1OC(=O)C[C@@H](O)[C@H](C)[C@@H](O[C@@H]2O[C@H](C)[C@@H](O[C@H]3C[C@@](C)(O)[C@@H](O)[C@H](C)O3)[C@H](N(C)C)[C@H]2O)[C@@H](CCO)C[C@@H](C)C(=O)/C=C/C(C)=C/[C@@H]1CNCCCN. The fraction of sp³-hybridized carbons (Fsp3) is 0.854. The molecule has 16 atom stereocenters. The van der Waals surface area contributed by atoms with E-state index in [2.05, 4.69) is 5.32 Å². The lowest BCUT2D eigenvalue weighted by molar-refractivity contribution is -0.342. The molecule has 0 radical (unpaired) electrons. The van der Waals surface area contributed by atoms with Crippen LogP contribution in [0.2, 0.25) is 0 Å². The number of nitrogens with one attached hydrogen (secondary N) is 1. The molecule has 15 nitrogen and oxygen atoms in total. The standard InChI is InChI=1S/C41H73N3O12/c1-10-32-29(22-43-16-11-15-42)18-23(2)12-13-30(46)24(3)19-28(14-17-45)37(25(4)31(47)20-33(48)54-32)56-40-36(49)35(44(8)9)38(26(5)53-40)55-34-21-41(7,51)39(50)27(6)52-34/h12-13,18,24-29,31-32,34-40,43,45,47,49-51H,10-11,14-17,19-22,42H2,1-9H3/b13-12+,23-18+/t24-,25+,26-,27+,28+,29-,31-,32-,34+,35-,36-,37-,38-,39+,40+,41-/m1/s1. The molecule has 8 N–H and O–H groups in total. The Kier molecular flexibility index (Phi) is 19.5.